The largest absolute Gasteiger partial charge is 0.492 e. The van der Waals surface area contributed by atoms with E-state index in [-0.39, 0.29) is 6.61 Å². The number of benzene rings is 2. The van der Waals surface area contributed by atoms with Crippen LogP contribution in [0.2, 0.25) is 0 Å². The number of hydrogen-bond acceptors (Lipinski definition) is 4. The van der Waals surface area contributed by atoms with E-state index in [1.165, 1.54) is 0 Å². The Hall–Kier alpha value is -2.40. The van der Waals surface area contributed by atoms with Gasteiger partial charge >= 0.3 is 0 Å². The molecule has 108 valence electrons. The Labute approximate surface area is 122 Å². The molecule has 2 aromatic carbocycles. The van der Waals surface area contributed by atoms with Gasteiger partial charge in [0, 0.05) is 6.61 Å². The van der Waals surface area contributed by atoms with Crippen molar-refractivity contribution in [2.24, 2.45) is 0 Å². The quantitative estimate of drug-likeness (QED) is 0.781. The van der Waals surface area contributed by atoms with E-state index in [4.69, 9.17) is 9.84 Å². The smallest absolute Gasteiger partial charge is 0.146 e. The van der Waals surface area contributed by atoms with Crippen molar-refractivity contribution in [3.05, 3.63) is 48.0 Å². The van der Waals surface area contributed by atoms with Crippen LogP contribution >= 0.6 is 0 Å². The number of hydrogen-bond donors (Lipinski definition) is 1. The number of aliphatic hydroxyl groups excluding tert-OH is 1. The lowest BCUT2D eigenvalue weighted by Gasteiger charge is -2.10. The minimum Gasteiger partial charge on any atom is -0.492 e. The lowest BCUT2D eigenvalue weighted by atomic mass is 10.1. The molecular formula is C16H17N3O2. The number of nitrogens with zero attached hydrogens (tertiary/aromatic N) is 3. The zero-order valence-electron chi connectivity index (χ0n) is 11.9. The van der Waals surface area contributed by atoms with Crippen LogP contribution in [0.1, 0.15) is 12.5 Å². The topological polar surface area (TPSA) is 60.2 Å². The van der Waals surface area contributed by atoms with Crippen LogP contribution < -0.4 is 4.74 Å². The molecular weight excluding hydrogens is 266 g/mol. The van der Waals surface area contributed by atoms with Gasteiger partial charge in [-0.25, -0.2) is 0 Å². The highest BCUT2D eigenvalue weighted by Gasteiger charge is 2.11. The molecule has 0 unspecified atom stereocenters. The third kappa shape index (κ3) is 2.73. The lowest BCUT2D eigenvalue weighted by molar-refractivity contribution is 0.299. The third-order valence-electron chi connectivity index (χ3n) is 3.23. The van der Waals surface area contributed by atoms with Gasteiger partial charge in [0.1, 0.15) is 22.5 Å². The Morgan fingerprint density at radius 3 is 2.43 bits per heavy atom. The summed E-state index contributed by atoms with van der Waals surface area (Å²) in [7, 11) is 0. The van der Waals surface area contributed by atoms with Crippen molar-refractivity contribution < 1.29 is 9.84 Å². The maximum Gasteiger partial charge on any atom is 0.146 e. The number of rotatable bonds is 5. The monoisotopic (exact) mass is 283 g/mol. The first-order valence-electron chi connectivity index (χ1n) is 7.01. The Kier molecular flexibility index (Phi) is 3.83. The molecule has 1 N–H and O–H groups in total. The Balaban J connectivity index is 2.11. The molecule has 0 spiro atoms. The first-order chi connectivity index (χ1) is 10.3. The van der Waals surface area contributed by atoms with Crippen molar-refractivity contribution in [1.82, 2.24) is 15.0 Å². The molecule has 3 aromatic rings. The highest BCUT2D eigenvalue weighted by molar-refractivity contribution is 5.73. The zero-order chi connectivity index (χ0) is 14.7. The van der Waals surface area contributed by atoms with E-state index in [2.05, 4.69) is 10.2 Å². The summed E-state index contributed by atoms with van der Waals surface area (Å²) in [6.07, 6.45) is 0.597. The van der Waals surface area contributed by atoms with Gasteiger partial charge in [-0.1, -0.05) is 18.2 Å². The van der Waals surface area contributed by atoms with E-state index in [9.17, 15) is 0 Å². The number of aliphatic hydroxyl groups is 1. The fourth-order valence-corrected chi connectivity index (χ4v) is 2.25. The van der Waals surface area contributed by atoms with Gasteiger partial charge in [-0.05, 0) is 43.2 Å². The molecule has 3 rings (SSSR count). The van der Waals surface area contributed by atoms with E-state index in [0.29, 0.717) is 13.0 Å². The molecule has 21 heavy (non-hydrogen) atoms. The van der Waals surface area contributed by atoms with Gasteiger partial charge in [0.05, 0.1) is 6.61 Å². The molecule has 0 aliphatic heterocycles. The SMILES string of the molecule is CCOc1ccc(CCO)cc1-n1nc2ccccc2n1. The number of aromatic nitrogens is 3. The van der Waals surface area contributed by atoms with Gasteiger partial charge in [-0.3, -0.25) is 0 Å². The second-order valence-corrected chi connectivity index (χ2v) is 4.69. The lowest BCUT2D eigenvalue weighted by Crippen LogP contribution is -2.05. The molecule has 0 radical (unpaired) electrons. The van der Waals surface area contributed by atoms with Crippen LogP contribution in [-0.2, 0) is 6.42 Å². The number of fused-ring (bicyclic) bond motifs is 1. The van der Waals surface area contributed by atoms with E-state index in [1.807, 2.05) is 49.4 Å². The minimum atomic E-state index is 0.113. The highest BCUT2D eigenvalue weighted by atomic mass is 16.5. The third-order valence-corrected chi connectivity index (χ3v) is 3.23. The van der Waals surface area contributed by atoms with E-state index >= 15 is 0 Å². The maximum atomic E-state index is 9.10. The van der Waals surface area contributed by atoms with Gasteiger partial charge in [0.25, 0.3) is 0 Å². The van der Waals surface area contributed by atoms with Crippen LogP contribution in [0.5, 0.6) is 5.75 Å². The van der Waals surface area contributed by atoms with Gasteiger partial charge in [-0.2, -0.15) is 0 Å². The highest BCUT2D eigenvalue weighted by Crippen LogP contribution is 2.24. The number of ether oxygens (including phenoxy) is 1. The van der Waals surface area contributed by atoms with Crippen LogP contribution in [0.15, 0.2) is 42.5 Å². The van der Waals surface area contributed by atoms with Crippen LogP contribution in [0.25, 0.3) is 16.7 Å². The van der Waals surface area contributed by atoms with Crippen molar-refractivity contribution in [3.8, 4) is 11.4 Å². The molecule has 0 aliphatic carbocycles. The van der Waals surface area contributed by atoms with Gasteiger partial charge in [0.15, 0.2) is 0 Å². The van der Waals surface area contributed by atoms with E-state index in [1.54, 1.807) is 4.80 Å². The van der Waals surface area contributed by atoms with Crippen LogP contribution in [0.4, 0.5) is 0 Å². The summed E-state index contributed by atoms with van der Waals surface area (Å²) in [5.74, 6) is 0.736. The minimum absolute atomic E-state index is 0.113. The molecule has 0 fully saturated rings. The molecule has 0 amide bonds. The van der Waals surface area contributed by atoms with Gasteiger partial charge in [0.2, 0.25) is 0 Å². The molecule has 0 saturated carbocycles. The Morgan fingerprint density at radius 2 is 1.81 bits per heavy atom. The first kappa shape index (κ1) is 13.6. The standard InChI is InChI=1S/C16H17N3O2/c1-2-21-16-8-7-12(9-10-20)11-15(16)19-17-13-5-3-4-6-14(13)18-19/h3-8,11,20H,2,9-10H2,1H3. The predicted molar refractivity (Wildman–Crippen MR) is 80.8 cm³/mol. The van der Waals surface area contributed by atoms with Crippen LogP contribution in [0, 0.1) is 0 Å². The summed E-state index contributed by atoms with van der Waals surface area (Å²) in [5.41, 5.74) is 3.50. The molecule has 1 aromatic heterocycles. The second kappa shape index (κ2) is 5.93. The van der Waals surface area contributed by atoms with Gasteiger partial charge < -0.3 is 9.84 Å². The Morgan fingerprint density at radius 1 is 1.10 bits per heavy atom. The summed E-state index contributed by atoms with van der Waals surface area (Å²) in [6.45, 7) is 2.63. The Bertz CT molecular complexity index is 719. The average molecular weight is 283 g/mol. The van der Waals surface area contributed by atoms with Crippen molar-refractivity contribution in [2.75, 3.05) is 13.2 Å². The van der Waals surface area contributed by atoms with Crippen LogP contribution in [-0.4, -0.2) is 33.3 Å². The van der Waals surface area contributed by atoms with Crippen molar-refractivity contribution in [3.63, 3.8) is 0 Å². The fourth-order valence-electron chi connectivity index (χ4n) is 2.25. The molecule has 0 saturated heterocycles. The zero-order valence-corrected chi connectivity index (χ0v) is 11.9. The van der Waals surface area contributed by atoms with E-state index in [0.717, 1.165) is 28.0 Å². The van der Waals surface area contributed by atoms with Gasteiger partial charge in [-0.15, -0.1) is 15.0 Å². The molecule has 5 nitrogen and oxygen atoms in total. The van der Waals surface area contributed by atoms with Crippen molar-refractivity contribution in [2.45, 2.75) is 13.3 Å². The normalized spacial score (nSPS) is 11.0. The maximum absolute atomic E-state index is 9.10. The summed E-state index contributed by atoms with van der Waals surface area (Å²) in [5, 5.41) is 18.1. The predicted octanol–water partition coefficient (Wildman–Crippen LogP) is 2.35. The molecule has 0 atom stereocenters. The summed E-state index contributed by atoms with van der Waals surface area (Å²) < 4.78 is 5.66. The first-order valence-corrected chi connectivity index (χ1v) is 7.01. The van der Waals surface area contributed by atoms with Crippen molar-refractivity contribution >= 4 is 11.0 Å². The second-order valence-electron chi connectivity index (χ2n) is 4.69. The average Bonchev–Trinajstić information content (AvgIpc) is 2.93. The molecule has 1 heterocycles. The summed E-state index contributed by atoms with van der Waals surface area (Å²) in [6, 6.07) is 13.5. The molecule has 0 aliphatic rings. The summed E-state index contributed by atoms with van der Waals surface area (Å²) >= 11 is 0. The molecule has 5 heteroatoms. The molecule has 0 bridgehead atoms. The fraction of sp³-hybridized carbons (Fsp3) is 0.250. The van der Waals surface area contributed by atoms with E-state index < -0.39 is 0 Å². The summed E-state index contributed by atoms with van der Waals surface area (Å²) in [4.78, 5) is 1.59. The van der Waals surface area contributed by atoms with Crippen molar-refractivity contribution in [1.29, 1.82) is 0 Å². The van der Waals surface area contributed by atoms with Crippen LogP contribution in [0.3, 0.4) is 0 Å².